The van der Waals surface area contributed by atoms with Crippen molar-refractivity contribution in [3.63, 3.8) is 0 Å². The summed E-state index contributed by atoms with van der Waals surface area (Å²) < 4.78 is 84.1. The number of carbonyl (C=O) groups excluding carboxylic acids is 1. The number of piperazine rings is 1. The summed E-state index contributed by atoms with van der Waals surface area (Å²) >= 11 is 0. The Morgan fingerprint density at radius 2 is 1.74 bits per heavy atom. The molecule has 2 aromatic rings. The van der Waals surface area contributed by atoms with E-state index in [0.717, 1.165) is 6.20 Å². The Kier molecular flexibility index (Phi) is 7.51. The number of hydrogen-bond donors (Lipinski definition) is 3. The van der Waals surface area contributed by atoms with Gasteiger partial charge in [0.2, 0.25) is 5.95 Å². The first-order chi connectivity index (χ1) is 17.8. The van der Waals surface area contributed by atoms with Crippen LogP contribution < -0.4 is 21.5 Å². The monoisotopic (exact) mass is 550 g/mol. The van der Waals surface area contributed by atoms with E-state index < -0.39 is 52.9 Å². The number of ether oxygens (including phenoxy) is 1. The third-order valence-corrected chi connectivity index (χ3v) is 6.35. The molecule has 1 amide bonds. The van der Waals surface area contributed by atoms with Crippen molar-refractivity contribution >= 4 is 17.5 Å². The quantitative estimate of drug-likeness (QED) is 0.418. The molecular weight excluding hydrogens is 526 g/mol. The Balaban J connectivity index is 1.41. The average Bonchev–Trinajstić information content (AvgIpc) is 3.05. The third kappa shape index (κ3) is 5.82. The maximum Gasteiger partial charge on any atom is 0.423 e. The zero-order valence-corrected chi connectivity index (χ0v) is 19.9. The van der Waals surface area contributed by atoms with E-state index in [9.17, 15) is 35.9 Å². The van der Waals surface area contributed by atoms with E-state index in [1.54, 1.807) is 14.9 Å². The lowest BCUT2D eigenvalue weighted by molar-refractivity contribution is -0.149. The molecule has 2 saturated heterocycles. The second-order valence-corrected chi connectivity index (χ2v) is 9.13. The van der Waals surface area contributed by atoms with Crippen molar-refractivity contribution in [3.05, 3.63) is 40.1 Å². The fourth-order valence-electron chi connectivity index (χ4n) is 4.76. The Morgan fingerprint density at radius 1 is 1.13 bits per heavy atom. The highest BCUT2D eigenvalue weighted by atomic mass is 19.4. The molecule has 2 fully saturated rings. The highest BCUT2D eigenvalue weighted by Gasteiger charge is 2.46. The molecule has 4 atom stereocenters. The van der Waals surface area contributed by atoms with Crippen LogP contribution in [0.4, 0.5) is 38.0 Å². The molecule has 0 spiro atoms. The Labute approximate surface area is 211 Å². The molecule has 11 nitrogen and oxygen atoms in total. The van der Waals surface area contributed by atoms with Crippen LogP contribution in [0.15, 0.2) is 23.4 Å². The average molecular weight is 550 g/mol. The SMILES string of the molecule is C[C@@H](COC(C(N)=O)N1C2CCC1CN(c1ncc(C(F)(F)F)cn1)C2)Nc1cn[nH]c(=O)c1C(F)(F)F. The number of nitrogens with two attached hydrogens (primary N) is 1. The largest absolute Gasteiger partial charge is 0.423 e. The number of aromatic nitrogens is 4. The normalized spacial score (nSPS) is 21.8. The van der Waals surface area contributed by atoms with Gasteiger partial charge in [0.15, 0.2) is 6.23 Å². The molecule has 0 aliphatic carbocycles. The first-order valence-electron chi connectivity index (χ1n) is 11.5. The number of fused-ring (bicyclic) bond motifs is 2. The lowest BCUT2D eigenvalue weighted by Gasteiger charge is -2.43. The van der Waals surface area contributed by atoms with Gasteiger partial charge in [0, 0.05) is 43.6 Å². The van der Waals surface area contributed by atoms with Crippen LogP contribution in [-0.2, 0) is 21.9 Å². The van der Waals surface area contributed by atoms with Crippen LogP contribution in [0.5, 0.6) is 0 Å². The van der Waals surface area contributed by atoms with Crippen LogP contribution >= 0.6 is 0 Å². The lowest BCUT2D eigenvalue weighted by atomic mass is 10.1. The van der Waals surface area contributed by atoms with Crippen LogP contribution in [0.25, 0.3) is 0 Å². The number of H-pyrrole nitrogens is 1. The van der Waals surface area contributed by atoms with Crippen molar-refractivity contribution in [1.29, 1.82) is 0 Å². The highest BCUT2D eigenvalue weighted by Crippen LogP contribution is 2.35. The van der Waals surface area contributed by atoms with Crippen molar-refractivity contribution in [2.45, 2.75) is 56.5 Å². The second-order valence-electron chi connectivity index (χ2n) is 9.13. The minimum atomic E-state index is -4.93. The molecule has 4 heterocycles. The molecule has 4 N–H and O–H groups in total. The summed E-state index contributed by atoms with van der Waals surface area (Å²) in [5.74, 6) is -0.682. The number of anilines is 2. The van der Waals surface area contributed by atoms with Gasteiger partial charge in [-0.05, 0) is 19.8 Å². The molecule has 2 aliphatic heterocycles. The van der Waals surface area contributed by atoms with Gasteiger partial charge in [-0.1, -0.05) is 0 Å². The van der Waals surface area contributed by atoms with E-state index in [4.69, 9.17) is 10.5 Å². The lowest BCUT2D eigenvalue weighted by Crippen LogP contribution is -2.61. The predicted molar refractivity (Wildman–Crippen MR) is 120 cm³/mol. The summed E-state index contributed by atoms with van der Waals surface area (Å²) in [5.41, 5.74) is 1.23. The second kappa shape index (κ2) is 10.4. The van der Waals surface area contributed by atoms with Crippen LogP contribution in [0.3, 0.4) is 0 Å². The van der Waals surface area contributed by atoms with E-state index in [1.165, 1.54) is 6.92 Å². The molecule has 208 valence electrons. The van der Waals surface area contributed by atoms with E-state index in [1.807, 2.05) is 0 Å². The van der Waals surface area contributed by atoms with Gasteiger partial charge >= 0.3 is 12.4 Å². The van der Waals surface area contributed by atoms with E-state index in [2.05, 4.69) is 20.4 Å². The number of primary amides is 1. The fraction of sp³-hybridized carbons (Fsp3) is 0.571. The fourth-order valence-corrected chi connectivity index (χ4v) is 4.76. The van der Waals surface area contributed by atoms with Gasteiger partial charge in [0.25, 0.3) is 11.5 Å². The molecule has 3 unspecified atom stereocenters. The van der Waals surface area contributed by atoms with Crippen molar-refractivity contribution < 1.29 is 35.9 Å². The van der Waals surface area contributed by atoms with Crippen LogP contribution in [-0.4, -0.2) is 75.0 Å². The molecule has 0 radical (unpaired) electrons. The summed E-state index contributed by atoms with van der Waals surface area (Å²) in [6.07, 6.45) is -7.14. The molecule has 2 aliphatic rings. The van der Waals surface area contributed by atoms with Gasteiger partial charge < -0.3 is 20.7 Å². The number of halogens is 6. The predicted octanol–water partition coefficient (Wildman–Crippen LogP) is 1.58. The van der Waals surface area contributed by atoms with Crippen molar-refractivity contribution in [1.82, 2.24) is 25.1 Å². The number of rotatable bonds is 8. The first-order valence-corrected chi connectivity index (χ1v) is 11.5. The van der Waals surface area contributed by atoms with Crippen LogP contribution in [0.2, 0.25) is 0 Å². The van der Waals surface area contributed by atoms with Crippen LogP contribution in [0.1, 0.15) is 30.9 Å². The number of carbonyl (C=O) groups is 1. The molecule has 0 aromatic carbocycles. The summed E-state index contributed by atoms with van der Waals surface area (Å²) in [5, 5.41) is 7.67. The summed E-state index contributed by atoms with van der Waals surface area (Å²) in [6, 6.07) is -1.29. The van der Waals surface area contributed by atoms with Gasteiger partial charge in [-0.25, -0.2) is 15.1 Å². The number of alkyl halides is 6. The highest BCUT2D eigenvalue weighted by molar-refractivity contribution is 5.78. The van der Waals surface area contributed by atoms with Gasteiger partial charge in [-0.2, -0.15) is 31.4 Å². The number of nitrogens with one attached hydrogen (secondary N) is 2. The van der Waals surface area contributed by atoms with Gasteiger partial charge in [0.05, 0.1) is 24.1 Å². The minimum Gasteiger partial charge on any atom is -0.378 e. The maximum atomic E-state index is 13.3. The van der Waals surface area contributed by atoms with E-state index in [-0.39, 0.29) is 24.6 Å². The van der Waals surface area contributed by atoms with Gasteiger partial charge in [-0.15, -0.1) is 0 Å². The maximum absolute atomic E-state index is 13.3. The molecule has 0 saturated carbocycles. The molecule has 2 bridgehead atoms. The third-order valence-electron chi connectivity index (χ3n) is 6.35. The van der Waals surface area contributed by atoms with E-state index >= 15 is 0 Å². The zero-order chi connectivity index (χ0) is 27.8. The Bertz CT molecular complexity index is 1190. The minimum absolute atomic E-state index is 0.121. The van der Waals surface area contributed by atoms with Crippen molar-refractivity contribution in [3.8, 4) is 0 Å². The summed E-state index contributed by atoms with van der Waals surface area (Å²) in [6.45, 7) is 1.86. The summed E-state index contributed by atoms with van der Waals surface area (Å²) in [7, 11) is 0. The number of aromatic amines is 1. The van der Waals surface area contributed by atoms with Crippen molar-refractivity contribution in [2.75, 3.05) is 29.9 Å². The topological polar surface area (TPSA) is 142 Å². The van der Waals surface area contributed by atoms with Gasteiger partial charge in [-0.3, -0.25) is 14.5 Å². The van der Waals surface area contributed by atoms with E-state index in [0.29, 0.717) is 38.3 Å². The number of nitrogens with zero attached hydrogens (tertiary/aromatic N) is 5. The molecule has 17 heteroatoms. The molecular formula is C21H24F6N8O3. The number of amides is 1. The Morgan fingerprint density at radius 3 is 2.26 bits per heavy atom. The standard InChI is InChI=1S/C21H24F6N8O3/c1-10(32-14-6-31-33-17(37)15(14)21(25,26)27)9-38-18(16(28)36)35-12-2-3-13(35)8-34(7-12)19-29-4-11(5-30-19)20(22,23)24/h4-6,10,12-13,18H,2-3,7-9H2,1H3,(H2,28,36)(H2,32,33,37)/t10-,12?,13?,18?/m0/s1. The number of hydrogen-bond acceptors (Lipinski definition) is 9. The Hall–Kier alpha value is -3.47. The van der Waals surface area contributed by atoms with Gasteiger partial charge in [0.1, 0.15) is 5.56 Å². The molecule has 2 aromatic heterocycles. The smallest absolute Gasteiger partial charge is 0.378 e. The molecule has 4 rings (SSSR count). The molecule has 38 heavy (non-hydrogen) atoms. The summed E-state index contributed by atoms with van der Waals surface area (Å²) in [4.78, 5) is 35.1. The van der Waals surface area contributed by atoms with Crippen LogP contribution in [0, 0.1) is 0 Å². The first kappa shape index (κ1) is 27.6. The zero-order valence-electron chi connectivity index (χ0n) is 19.9. The van der Waals surface area contributed by atoms with Crippen molar-refractivity contribution in [2.24, 2.45) is 5.73 Å².